The van der Waals surface area contributed by atoms with Crippen molar-refractivity contribution in [3.63, 3.8) is 0 Å². The average Bonchev–Trinajstić information content (AvgIpc) is 2.51. The quantitative estimate of drug-likeness (QED) is 0.803. The van der Waals surface area contributed by atoms with Gasteiger partial charge in [-0.15, -0.1) is 11.3 Å². The molecule has 0 atom stereocenters. The first kappa shape index (κ1) is 9.08. The minimum absolute atomic E-state index is 0.123. The molecule has 0 radical (unpaired) electrons. The summed E-state index contributed by atoms with van der Waals surface area (Å²) in [6.07, 6.45) is 2.09. The van der Waals surface area contributed by atoms with Crippen molar-refractivity contribution >= 4 is 11.3 Å². The molecule has 2 aromatic rings. The predicted molar refractivity (Wildman–Crippen MR) is 54.5 cm³/mol. The SMILES string of the molecule is Cc1nc(Cc2nccc(=O)[nH]2)cs1. The molecule has 0 aliphatic rings. The number of hydrogen-bond donors (Lipinski definition) is 1. The predicted octanol–water partition coefficient (Wildman–Crippen LogP) is 1.13. The van der Waals surface area contributed by atoms with E-state index >= 15 is 0 Å². The van der Waals surface area contributed by atoms with Crippen LogP contribution in [0.15, 0.2) is 22.4 Å². The van der Waals surface area contributed by atoms with Gasteiger partial charge in [0.2, 0.25) is 0 Å². The number of aryl methyl sites for hydroxylation is 1. The number of aromatic nitrogens is 3. The summed E-state index contributed by atoms with van der Waals surface area (Å²) in [6, 6.07) is 1.40. The summed E-state index contributed by atoms with van der Waals surface area (Å²) in [5.74, 6) is 0.655. The second-order valence-corrected chi connectivity index (χ2v) is 3.98. The molecule has 0 saturated carbocycles. The Morgan fingerprint density at radius 2 is 2.43 bits per heavy atom. The highest BCUT2D eigenvalue weighted by Gasteiger charge is 2.01. The molecule has 0 saturated heterocycles. The molecule has 0 spiro atoms. The first-order chi connectivity index (χ1) is 6.74. The fourth-order valence-corrected chi connectivity index (χ4v) is 1.77. The Morgan fingerprint density at radius 3 is 3.07 bits per heavy atom. The molecule has 0 aliphatic heterocycles. The topological polar surface area (TPSA) is 58.6 Å². The van der Waals surface area contributed by atoms with Crippen LogP contribution in [-0.4, -0.2) is 15.0 Å². The number of H-pyrrole nitrogens is 1. The van der Waals surface area contributed by atoms with Gasteiger partial charge in [-0.25, -0.2) is 9.97 Å². The molecule has 4 nitrogen and oxygen atoms in total. The molecule has 14 heavy (non-hydrogen) atoms. The highest BCUT2D eigenvalue weighted by Crippen LogP contribution is 2.09. The normalized spacial score (nSPS) is 10.4. The smallest absolute Gasteiger partial charge is 0.250 e. The number of nitrogens with zero attached hydrogens (tertiary/aromatic N) is 2. The molecule has 2 rings (SSSR count). The average molecular weight is 207 g/mol. The molecular weight excluding hydrogens is 198 g/mol. The van der Waals surface area contributed by atoms with Gasteiger partial charge in [0.1, 0.15) is 5.82 Å². The van der Waals surface area contributed by atoms with Gasteiger partial charge >= 0.3 is 0 Å². The molecule has 0 amide bonds. The third-order valence-corrected chi connectivity index (χ3v) is 2.56. The van der Waals surface area contributed by atoms with E-state index in [0.29, 0.717) is 12.2 Å². The first-order valence-corrected chi connectivity index (χ1v) is 5.07. The van der Waals surface area contributed by atoms with Crippen LogP contribution in [0.25, 0.3) is 0 Å². The third kappa shape index (κ3) is 2.05. The molecule has 72 valence electrons. The Bertz CT molecular complexity index is 489. The number of aromatic amines is 1. The van der Waals surface area contributed by atoms with Crippen molar-refractivity contribution in [3.05, 3.63) is 44.5 Å². The second-order valence-electron chi connectivity index (χ2n) is 2.92. The summed E-state index contributed by atoms with van der Waals surface area (Å²) < 4.78 is 0. The molecule has 0 bridgehead atoms. The Balaban J connectivity index is 2.23. The van der Waals surface area contributed by atoms with Crippen LogP contribution in [0.3, 0.4) is 0 Å². The van der Waals surface area contributed by atoms with E-state index in [1.165, 1.54) is 12.3 Å². The lowest BCUT2D eigenvalue weighted by Gasteiger charge is -1.95. The molecule has 2 aromatic heterocycles. The second kappa shape index (κ2) is 3.71. The van der Waals surface area contributed by atoms with Crippen LogP contribution in [0.2, 0.25) is 0 Å². The van der Waals surface area contributed by atoms with E-state index in [2.05, 4.69) is 15.0 Å². The van der Waals surface area contributed by atoms with E-state index in [-0.39, 0.29) is 5.56 Å². The van der Waals surface area contributed by atoms with Crippen molar-refractivity contribution in [3.8, 4) is 0 Å². The monoisotopic (exact) mass is 207 g/mol. The van der Waals surface area contributed by atoms with Gasteiger partial charge in [0, 0.05) is 24.1 Å². The van der Waals surface area contributed by atoms with Gasteiger partial charge in [0.25, 0.3) is 5.56 Å². The highest BCUT2D eigenvalue weighted by atomic mass is 32.1. The summed E-state index contributed by atoms with van der Waals surface area (Å²) in [5.41, 5.74) is 0.823. The lowest BCUT2D eigenvalue weighted by molar-refractivity contribution is 0.922. The van der Waals surface area contributed by atoms with Gasteiger partial charge in [-0.3, -0.25) is 4.79 Å². The van der Waals surface area contributed by atoms with Crippen LogP contribution in [0, 0.1) is 6.92 Å². The van der Waals surface area contributed by atoms with Gasteiger partial charge in [0.05, 0.1) is 10.7 Å². The lowest BCUT2D eigenvalue weighted by atomic mass is 10.3. The van der Waals surface area contributed by atoms with E-state index < -0.39 is 0 Å². The lowest BCUT2D eigenvalue weighted by Crippen LogP contribution is -2.09. The minimum Gasteiger partial charge on any atom is -0.310 e. The van der Waals surface area contributed by atoms with Gasteiger partial charge < -0.3 is 4.98 Å². The Kier molecular flexibility index (Phi) is 2.41. The minimum atomic E-state index is -0.123. The number of thiazole rings is 1. The number of hydrogen-bond acceptors (Lipinski definition) is 4. The van der Waals surface area contributed by atoms with Crippen LogP contribution < -0.4 is 5.56 Å². The maximum Gasteiger partial charge on any atom is 0.250 e. The molecule has 5 heteroatoms. The zero-order chi connectivity index (χ0) is 9.97. The third-order valence-electron chi connectivity index (χ3n) is 1.74. The van der Waals surface area contributed by atoms with Crippen LogP contribution in [0.4, 0.5) is 0 Å². The molecule has 2 heterocycles. The van der Waals surface area contributed by atoms with Crippen LogP contribution >= 0.6 is 11.3 Å². The zero-order valence-corrected chi connectivity index (χ0v) is 8.47. The van der Waals surface area contributed by atoms with E-state index in [4.69, 9.17) is 0 Å². The van der Waals surface area contributed by atoms with E-state index in [0.717, 1.165) is 10.7 Å². The van der Waals surface area contributed by atoms with Gasteiger partial charge in [-0.05, 0) is 6.92 Å². The number of nitrogens with one attached hydrogen (secondary N) is 1. The summed E-state index contributed by atoms with van der Waals surface area (Å²) in [4.78, 5) is 22.0. The van der Waals surface area contributed by atoms with Crippen LogP contribution in [0.1, 0.15) is 16.5 Å². The molecule has 0 aliphatic carbocycles. The summed E-state index contributed by atoms with van der Waals surface area (Å²) in [6.45, 7) is 1.95. The van der Waals surface area contributed by atoms with Crippen LogP contribution in [0.5, 0.6) is 0 Å². The maximum atomic E-state index is 11.0. The van der Waals surface area contributed by atoms with Crippen molar-refractivity contribution in [1.29, 1.82) is 0 Å². The first-order valence-electron chi connectivity index (χ1n) is 4.19. The van der Waals surface area contributed by atoms with Gasteiger partial charge in [-0.2, -0.15) is 0 Å². The fourth-order valence-electron chi connectivity index (χ4n) is 1.16. The summed E-state index contributed by atoms with van der Waals surface area (Å²) in [5, 5.41) is 3.00. The van der Waals surface area contributed by atoms with E-state index in [1.54, 1.807) is 11.3 Å². The van der Waals surface area contributed by atoms with Crippen molar-refractivity contribution in [2.75, 3.05) is 0 Å². The molecular formula is C9H9N3OS. The molecule has 0 aromatic carbocycles. The largest absolute Gasteiger partial charge is 0.310 e. The standard InChI is InChI=1S/C9H9N3OS/c1-6-11-7(5-14-6)4-8-10-3-2-9(13)12-8/h2-3,5H,4H2,1H3,(H,10,12,13). The Hall–Kier alpha value is -1.49. The molecule has 0 fully saturated rings. The van der Waals surface area contributed by atoms with Crippen LogP contribution in [-0.2, 0) is 6.42 Å². The zero-order valence-electron chi connectivity index (χ0n) is 7.65. The highest BCUT2D eigenvalue weighted by molar-refractivity contribution is 7.09. The summed E-state index contributed by atoms with van der Waals surface area (Å²) in [7, 11) is 0. The van der Waals surface area contributed by atoms with Crippen molar-refractivity contribution in [2.24, 2.45) is 0 Å². The maximum absolute atomic E-state index is 11.0. The Morgan fingerprint density at radius 1 is 1.57 bits per heavy atom. The van der Waals surface area contributed by atoms with E-state index in [1.807, 2.05) is 12.3 Å². The summed E-state index contributed by atoms with van der Waals surface area (Å²) >= 11 is 1.60. The van der Waals surface area contributed by atoms with Crippen molar-refractivity contribution in [1.82, 2.24) is 15.0 Å². The van der Waals surface area contributed by atoms with Gasteiger partial charge in [-0.1, -0.05) is 0 Å². The Labute approximate surface area is 84.7 Å². The van der Waals surface area contributed by atoms with Gasteiger partial charge in [0.15, 0.2) is 0 Å². The number of rotatable bonds is 2. The van der Waals surface area contributed by atoms with Crippen molar-refractivity contribution < 1.29 is 0 Å². The fraction of sp³-hybridized carbons (Fsp3) is 0.222. The molecule has 0 unspecified atom stereocenters. The van der Waals surface area contributed by atoms with Crippen molar-refractivity contribution in [2.45, 2.75) is 13.3 Å². The van der Waals surface area contributed by atoms with E-state index in [9.17, 15) is 4.79 Å². The molecule has 1 N–H and O–H groups in total.